The zero-order valence-electron chi connectivity index (χ0n) is 10.6. The van der Waals surface area contributed by atoms with Crippen molar-refractivity contribution in [3.63, 3.8) is 0 Å². The number of anilines is 1. The minimum atomic E-state index is -4.45. The molecule has 0 saturated carbocycles. The monoisotopic (exact) mass is 300 g/mol. The number of aromatic nitrogens is 1. The van der Waals surface area contributed by atoms with Crippen LogP contribution in [0.1, 0.15) is 16.7 Å². The highest BCUT2D eigenvalue weighted by atomic mass is 35.5. The maximum absolute atomic E-state index is 12.9. The van der Waals surface area contributed by atoms with Crippen molar-refractivity contribution in [2.45, 2.75) is 19.6 Å². The molecule has 2 aromatic rings. The fraction of sp³-hybridized carbons (Fsp3) is 0.214. The Bertz CT molecular complexity index is 612. The molecule has 0 radical (unpaired) electrons. The average Bonchev–Trinajstić information content (AvgIpc) is 2.36. The number of pyridine rings is 1. The van der Waals surface area contributed by atoms with Crippen molar-refractivity contribution in [3.8, 4) is 0 Å². The predicted octanol–water partition coefficient (Wildman–Crippen LogP) is 4.67. The molecule has 0 amide bonds. The van der Waals surface area contributed by atoms with Gasteiger partial charge in [0.15, 0.2) is 0 Å². The van der Waals surface area contributed by atoms with Crippen molar-refractivity contribution in [2.75, 3.05) is 5.32 Å². The van der Waals surface area contributed by atoms with E-state index in [9.17, 15) is 13.2 Å². The number of hydrogen-bond acceptors (Lipinski definition) is 2. The Labute approximate surface area is 119 Å². The number of aryl methyl sites for hydroxylation is 1. The lowest BCUT2D eigenvalue weighted by atomic mass is 10.1. The second-order valence-corrected chi connectivity index (χ2v) is 4.85. The highest BCUT2D eigenvalue weighted by Gasteiger charge is 2.33. The molecule has 1 aromatic heterocycles. The fourth-order valence-electron chi connectivity index (χ4n) is 1.82. The van der Waals surface area contributed by atoms with Crippen LogP contribution in [0.5, 0.6) is 0 Å². The number of halogens is 4. The molecule has 0 saturated heterocycles. The number of nitrogens with one attached hydrogen (secondary N) is 1. The van der Waals surface area contributed by atoms with Crippen LogP contribution >= 0.6 is 11.6 Å². The van der Waals surface area contributed by atoms with Gasteiger partial charge in [-0.1, -0.05) is 17.7 Å². The molecular formula is C14H12ClF3N2. The van der Waals surface area contributed by atoms with Crippen LogP contribution < -0.4 is 5.32 Å². The van der Waals surface area contributed by atoms with Crippen LogP contribution in [-0.4, -0.2) is 4.98 Å². The van der Waals surface area contributed by atoms with Crippen LogP contribution in [0.15, 0.2) is 36.7 Å². The van der Waals surface area contributed by atoms with E-state index in [1.807, 2.05) is 13.0 Å². The van der Waals surface area contributed by atoms with E-state index in [1.165, 1.54) is 12.1 Å². The van der Waals surface area contributed by atoms with Gasteiger partial charge in [0.2, 0.25) is 0 Å². The Kier molecular flexibility index (Phi) is 4.18. The SMILES string of the molecule is Cc1cncc(CNc2ccc(Cl)cc2C(F)(F)F)c1. The van der Waals surface area contributed by atoms with Gasteiger partial charge in [-0.15, -0.1) is 0 Å². The van der Waals surface area contributed by atoms with Crippen LogP contribution in [0.25, 0.3) is 0 Å². The third-order valence-electron chi connectivity index (χ3n) is 2.70. The Morgan fingerprint density at radius 1 is 1.20 bits per heavy atom. The average molecular weight is 301 g/mol. The lowest BCUT2D eigenvalue weighted by Crippen LogP contribution is -2.11. The smallest absolute Gasteiger partial charge is 0.380 e. The zero-order chi connectivity index (χ0) is 14.8. The fourth-order valence-corrected chi connectivity index (χ4v) is 1.99. The zero-order valence-corrected chi connectivity index (χ0v) is 11.4. The lowest BCUT2D eigenvalue weighted by molar-refractivity contribution is -0.136. The highest BCUT2D eigenvalue weighted by molar-refractivity contribution is 6.30. The molecule has 0 aliphatic heterocycles. The van der Waals surface area contributed by atoms with Crippen molar-refractivity contribution in [2.24, 2.45) is 0 Å². The Hall–Kier alpha value is -1.75. The molecule has 6 heteroatoms. The van der Waals surface area contributed by atoms with E-state index in [0.717, 1.165) is 17.2 Å². The van der Waals surface area contributed by atoms with Crippen LogP contribution in [0, 0.1) is 6.92 Å². The van der Waals surface area contributed by atoms with Crippen molar-refractivity contribution in [3.05, 3.63) is 58.4 Å². The maximum Gasteiger partial charge on any atom is 0.418 e. The largest absolute Gasteiger partial charge is 0.418 e. The van der Waals surface area contributed by atoms with Gasteiger partial charge in [-0.25, -0.2) is 0 Å². The van der Waals surface area contributed by atoms with Gasteiger partial charge in [0.25, 0.3) is 0 Å². The van der Waals surface area contributed by atoms with Crippen LogP contribution in [0.3, 0.4) is 0 Å². The van der Waals surface area contributed by atoms with E-state index < -0.39 is 11.7 Å². The van der Waals surface area contributed by atoms with Gasteiger partial charge >= 0.3 is 6.18 Å². The molecule has 2 nitrogen and oxygen atoms in total. The summed E-state index contributed by atoms with van der Waals surface area (Å²) in [6, 6.07) is 5.53. The molecular weight excluding hydrogens is 289 g/mol. The molecule has 0 fully saturated rings. The normalized spacial score (nSPS) is 11.4. The molecule has 0 atom stereocenters. The summed E-state index contributed by atoms with van der Waals surface area (Å²) < 4.78 is 38.7. The van der Waals surface area contributed by atoms with Gasteiger partial charge in [0, 0.05) is 29.6 Å². The summed E-state index contributed by atoms with van der Waals surface area (Å²) in [4.78, 5) is 4.00. The van der Waals surface area contributed by atoms with Crippen molar-refractivity contribution in [1.82, 2.24) is 4.98 Å². The third kappa shape index (κ3) is 3.63. The van der Waals surface area contributed by atoms with E-state index >= 15 is 0 Å². The third-order valence-corrected chi connectivity index (χ3v) is 2.94. The van der Waals surface area contributed by atoms with Crippen LogP contribution in [0.4, 0.5) is 18.9 Å². The minimum absolute atomic E-state index is 0.00315. The maximum atomic E-state index is 12.9. The summed E-state index contributed by atoms with van der Waals surface area (Å²) in [6.45, 7) is 2.14. The standard InChI is InChI=1S/C14H12ClF3N2/c1-9-4-10(7-19-6-9)8-20-13-3-2-11(15)5-12(13)14(16,17)18/h2-7,20H,8H2,1H3. The molecule has 1 heterocycles. The van der Waals surface area contributed by atoms with Gasteiger partial charge in [-0.2, -0.15) is 13.2 Å². The molecule has 0 unspecified atom stereocenters. The number of alkyl halides is 3. The molecule has 0 aliphatic carbocycles. The first kappa shape index (κ1) is 14.7. The summed E-state index contributed by atoms with van der Waals surface area (Å²) in [5, 5.41) is 2.83. The van der Waals surface area contributed by atoms with E-state index in [1.54, 1.807) is 12.4 Å². The summed E-state index contributed by atoms with van der Waals surface area (Å²) in [6.07, 6.45) is -1.14. The van der Waals surface area contributed by atoms with Crippen LogP contribution in [-0.2, 0) is 12.7 Å². The number of rotatable bonds is 3. The molecule has 0 bridgehead atoms. The molecule has 20 heavy (non-hydrogen) atoms. The molecule has 106 valence electrons. The number of hydrogen-bond donors (Lipinski definition) is 1. The van der Waals surface area contributed by atoms with Gasteiger partial charge in [0.05, 0.1) is 5.56 Å². The van der Waals surface area contributed by atoms with Gasteiger partial charge in [0.1, 0.15) is 0 Å². The highest BCUT2D eigenvalue weighted by Crippen LogP contribution is 2.36. The lowest BCUT2D eigenvalue weighted by Gasteiger charge is -2.15. The molecule has 2 rings (SSSR count). The van der Waals surface area contributed by atoms with Crippen LogP contribution in [0.2, 0.25) is 5.02 Å². The van der Waals surface area contributed by atoms with Gasteiger partial charge in [-0.05, 0) is 36.2 Å². The minimum Gasteiger partial charge on any atom is -0.380 e. The second kappa shape index (κ2) is 5.71. The van der Waals surface area contributed by atoms with E-state index in [0.29, 0.717) is 0 Å². The topological polar surface area (TPSA) is 24.9 Å². The Morgan fingerprint density at radius 3 is 2.60 bits per heavy atom. The second-order valence-electron chi connectivity index (χ2n) is 4.41. The van der Waals surface area contributed by atoms with Crippen molar-refractivity contribution >= 4 is 17.3 Å². The summed E-state index contributed by atoms with van der Waals surface area (Å²) in [5.41, 5.74) is 0.999. The number of nitrogens with zero attached hydrogens (tertiary/aromatic N) is 1. The van der Waals surface area contributed by atoms with E-state index in [2.05, 4.69) is 10.3 Å². The molecule has 1 aromatic carbocycles. The first-order chi connectivity index (χ1) is 9.36. The molecule has 0 spiro atoms. The van der Waals surface area contributed by atoms with Crippen molar-refractivity contribution in [1.29, 1.82) is 0 Å². The first-order valence-electron chi connectivity index (χ1n) is 5.87. The van der Waals surface area contributed by atoms with E-state index in [4.69, 9.17) is 11.6 Å². The summed E-state index contributed by atoms with van der Waals surface area (Å²) >= 11 is 5.62. The quantitative estimate of drug-likeness (QED) is 0.890. The Morgan fingerprint density at radius 2 is 1.95 bits per heavy atom. The summed E-state index contributed by atoms with van der Waals surface area (Å²) in [5.74, 6) is 0. The van der Waals surface area contributed by atoms with Gasteiger partial charge in [-0.3, -0.25) is 4.98 Å². The molecule has 0 aliphatic rings. The van der Waals surface area contributed by atoms with E-state index in [-0.39, 0.29) is 17.3 Å². The predicted molar refractivity (Wildman–Crippen MR) is 72.8 cm³/mol. The van der Waals surface area contributed by atoms with Gasteiger partial charge < -0.3 is 5.32 Å². The number of benzene rings is 1. The Balaban J connectivity index is 2.21. The van der Waals surface area contributed by atoms with Crippen molar-refractivity contribution < 1.29 is 13.2 Å². The summed E-state index contributed by atoms with van der Waals surface area (Å²) in [7, 11) is 0. The molecule has 1 N–H and O–H groups in total. The first-order valence-corrected chi connectivity index (χ1v) is 6.25.